The van der Waals surface area contributed by atoms with E-state index in [0.717, 1.165) is 5.56 Å². The van der Waals surface area contributed by atoms with Crippen molar-refractivity contribution >= 4 is 12.0 Å². The van der Waals surface area contributed by atoms with E-state index in [1.807, 2.05) is 44.2 Å². The van der Waals surface area contributed by atoms with Crippen LogP contribution < -0.4 is 10.6 Å². The lowest BCUT2D eigenvalue weighted by Gasteiger charge is -2.27. The Balaban J connectivity index is 2.77. The van der Waals surface area contributed by atoms with Gasteiger partial charge in [0.25, 0.3) is 0 Å². The first-order valence-electron chi connectivity index (χ1n) is 8.09. The van der Waals surface area contributed by atoms with Gasteiger partial charge in [0.15, 0.2) is 0 Å². The van der Waals surface area contributed by atoms with E-state index in [1.165, 1.54) is 0 Å². The molecule has 1 aromatic rings. The zero-order valence-electron chi connectivity index (χ0n) is 15.0. The van der Waals surface area contributed by atoms with Gasteiger partial charge in [0, 0.05) is 0 Å². The van der Waals surface area contributed by atoms with E-state index in [0.29, 0.717) is 0 Å². The lowest BCUT2D eigenvalue weighted by molar-refractivity contribution is -0.125. The molecule has 2 amide bonds. The second-order valence-corrected chi connectivity index (χ2v) is 7.02. The average Bonchev–Trinajstić information content (AvgIpc) is 2.48. The standard InChI is InChI=1S/C18H28N2O4/c1-12(2)15(20-17(23)24-18(3,4)5)16(22)19-14(11-21)13-9-7-6-8-10-13/h6-10,12,14-15,21H,11H2,1-5H3,(H,19,22)(H,20,23)/t14-,15+/m1/s1. The minimum absolute atomic E-state index is 0.132. The number of carbonyl (C=O) groups excluding carboxylic acids is 2. The number of hydrogen-bond donors (Lipinski definition) is 3. The van der Waals surface area contributed by atoms with Crippen molar-refractivity contribution in [3.8, 4) is 0 Å². The van der Waals surface area contributed by atoms with Gasteiger partial charge in [-0.1, -0.05) is 44.2 Å². The number of aliphatic hydroxyl groups excluding tert-OH is 1. The second kappa shape index (κ2) is 8.68. The first-order chi connectivity index (χ1) is 11.1. The number of ether oxygens (including phenoxy) is 1. The van der Waals surface area contributed by atoms with Crippen LogP contribution in [-0.4, -0.2) is 35.4 Å². The van der Waals surface area contributed by atoms with Crippen LogP contribution >= 0.6 is 0 Å². The lowest BCUT2D eigenvalue weighted by Crippen LogP contribution is -2.51. The summed E-state index contributed by atoms with van der Waals surface area (Å²) in [6.07, 6.45) is -0.642. The van der Waals surface area contributed by atoms with E-state index in [-0.39, 0.29) is 18.4 Å². The van der Waals surface area contributed by atoms with Crippen molar-refractivity contribution in [2.75, 3.05) is 6.61 Å². The average molecular weight is 336 g/mol. The van der Waals surface area contributed by atoms with Gasteiger partial charge < -0.3 is 20.5 Å². The van der Waals surface area contributed by atoms with Crippen molar-refractivity contribution in [1.29, 1.82) is 0 Å². The predicted molar refractivity (Wildman–Crippen MR) is 92.4 cm³/mol. The predicted octanol–water partition coefficient (Wildman–Crippen LogP) is 2.39. The van der Waals surface area contributed by atoms with E-state index in [2.05, 4.69) is 10.6 Å². The molecule has 24 heavy (non-hydrogen) atoms. The Hall–Kier alpha value is -2.08. The number of amides is 2. The third-order valence-electron chi connectivity index (χ3n) is 3.32. The highest BCUT2D eigenvalue weighted by atomic mass is 16.6. The monoisotopic (exact) mass is 336 g/mol. The van der Waals surface area contributed by atoms with Crippen LogP contribution in [-0.2, 0) is 9.53 Å². The maximum Gasteiger partial charge on any atom is 0.408 e. The molecule has 134 valence electrons. The van der Waals surface area contributed by atoms with Crippen LogP contribution in [0.2, 0.25) is 0 Å². The van der Waals surface area contributed by atoms with Crippen molar-refractivity contribution in [2.45, 2.75) is 52.3 Å². The van der Waals surface area contributed by atoms with Crippen molar-refractivity contribution in [1.82, 2.24) is 10.6 Å². The van der Waals surface area contributed by atoms with Crippen LogP contribution in [0.3, 0.4) is 0 Å². The minimum Gasteiger partial charge on any atom is -0.444 e. The van der Waals surface area contributed by atoms with Gasteiger partial charge in [-0.2, -0.15) is 0 Å². The molecular weight excluding hydrogens is 308 g/mol. The first kappa shape index (κ1) is 20.0. The van der Waals surface area contributed by atoms with Gasteiger partial charge in [0.2, 0.25) is 5.91 Å². The second-order valence-electron chi connectivity index (χ2n) is 7.02. The normalized spacial score (nSPS) is 14.0. The Morgan fingerprint density at radius 1 is 1.12 bits per heavy atom. The number of carbonyl (C=O) groups is 2. The Morgan fingerprint density at radius 3 is 2.17 bits per heavy atom. The van der Waals surface area contributed by atoms with Gasteiger partial charge in [0.1, 0.15) is 11.6 Å². The van der Waals surface area contributed by atoms with E-state index >= 15 is 0 Å². The number of aliphatic hydroxyl groups is 1. The highest BCUT2D eigenvalue weighted by molar-refractivity contribution is 5.86. The SMILES string of the molecule is CC(C)[C@H](NC(=O)OC(C)(C)C)C(=O)N[C@H](CO)c1ccccc1. The fourth-order valence-corrected chi connectivity index (χ4v) is 2.15. The molecule has 1 aromatic carbocycles. The van der Waals surface area contributed by atoms with Gasteiger partial charge in [-0.05, 0) is 32.3 Å². The fraction of sp³-hybridized carbons (Fsp3) is 0.556. The number of alkyl carbamates (subject to hydrolysis) is 1. The smallest absolute Gasteiger partial charge is 0.408 e. The summed E-state index contributed by atoms with van der Waals surface area (Å²) in [6.45, 7) is 8.71. The van der Waals surface area contributed by atoms with Crippen LogP contribution in [0, 0.1) is 5.92 Å². The van der Waals surface area contributed by atoms with Gasteiger partial charge in [-0.3, -0.25) is 4.79 Å². The summed E-state index contributed by atoms with van der Waals surface area (Å²) in [7, 11) is 0. The van der Waals surface area contributed by atoms with Crippen LogP contribution in [0.1, 0.15) is 46.2 Å². The van der Waals surface area contributed by atoms with Gasteiger partial charge in [-0.25, -0.2) is 4.79 Å². The molecule has 6 nitrogen and oxygen atoms in total. The lowest BCUT2D eigenvalue weighted by atomic mass is 10.0. The molecule has 0 unspecified atom stereocenters. The Morgan fingerprint density at radius 2 is 1.71 bits per heavy atom. The molecule has 0 saturated carbocycles. The number of rotatable bonds is 6. The van der Waals surface area contributed by atoms with Crippen LogP contribution in [0.4, 0.5) is 4.79 Å². The number of hydrogen-bond acceptors (Lipinski definition) is 4. The van der Waals surface area contributed by atoms with Crippen molar-refractivity contribution in [3.63, 3.8) is 0 Å². The Kier molecular flexibility index (Phi) is 7.22. The molecule has 0 fully saturated rings. The van der Waals surface area contributed by atoms with E-state index in [1.54, 1.807) is 20.8 Å². The molecule has 0 bridgehead atoms. The van der Waals surface area contributed by atoms with E-state index in [4.69, 9.17) is 4.74 Å². The summed E-state index contributed by atoms with van der Waals surface area (Å²) in [4.78, 5) is 24.5. The van der Waals surface area contributed by atoms with Gasteiger partial charge >= 0.3 is 6.09 Å². The summed E-state index contributed by atoms with van der Waals surface area (Å²) >= 11 is 0. The molecule has 0 aliphatic heterocycles. The van der Waals surface area contributed by atoms with Crippen molar-refractivity contribution in [2.24, 2.45) is 5.92 Å². The summed E-state index contributed by atoms with van der Waals surface area (Å²) in [6, 6.07) is 7.91. The fourth-order valence-electron chi connectivity index (χ4n) is 2.15. The quantitative estimate of drug-likeness (QED) is 0.744. The summed E-state index contributed by atoms with van der Waals surface area (Å²) < 4.78 is 5.21. The highest BCUT2D eigenvalue weighted by Crippen LogP contribution is 2.14. The number of nitrogens with one attached hydrogen (secondary N) is 2. The molecule has 0 aromatic heterocycles. The molecular formula is C18H28N2O4. The van der Waals surface area contributed by atoms with Crippen LogP contribution in [0.25, 0.3) is 0 Å². The molecule has 1 rings (SSSR count). The van der Waals surface area contributed by atoms with E-state index < -0.39 is 23.8 Å². The van der Waals surface area contributed by atoms with Crippen molar-refractivity contribution < 1.29 is 19.4 Å². The summed E-state index contributed by atoms with van der Waals surface area (Å²) in [5.41, 5.74) is 0.160. The zero-order chi connectivity index (χ0) is 18.3. The molecule has 0 saturated heterocycles. The maximum absolute atomic E-state index is 12.5. The molecule has 3 N–H and O–H groups in total. The molecule has 0 aliphatic carbocycles. The van der Waals surface area contributed by atoms with Gasteiger partial charge in [-0.15, -0.1) is 0 Å². The van der Waals surface area contributed by atoms with Crippen molar-refractivity contribution in [3.05, 3.63) is 35.9 Å². The van der Waals surface area contributed by atoms with Gasteiger partial charge in [0.05, 0.1) is 12.6 Å². The highest BCUT2D eigenvalue weighted by Gasteiger charge is 2.28. The van der Waals surface area contributed by atoms with Crippen LogP contribution in [0.5, 0.6) is 0 Å². The third kappa shape index (κ3) is 6.58. The number of benzene rings is 1. The van der Waals surface area contributed by atoms with Crippen LogP contribution in [0.15, 0.2) is 30.3 Å². The minimum atomic E-state index is -0.752. The third-order valence-corrected chi connectivity index (χ3v) is 3.32. The largest absolute Gasteiger partial charge is 0.444 e. The molecule has 0 radical (unpaired) electrons. The first-order valence-corrected chi connectivity index (χ1v) is 8.09. The van der Waals surface area contributed by atoms with E-state index in [9.17, 15) is 14.7 Å². The Bertz CT molecular complexity index is 538. The summed E-state index contributed by atoms with van der Waals surface area (Å²) in [5, 5.41) is 14.9. The molecule has 0 heterocycles. The summed E-state index contributed by atoms with van der Waals surface area (Å²) in [5.74, 6) is -0.494. The molecule has 0 spiro atoms. The topological polar surface area (TPSA) is 87.7 Å². The Labute approximate surface area is 143 Å². The molecule has 2 atom stereocenters. The zero-order valence-corrected chi connectivity index (χ0v) is 15.0. The molecule has 0 aliphatic rings. The molecule has 6 heteroatoms. The maximum atomic E-state index is 12.5.